The van der Waals surface area contributed by atoms with Crippen molar-refractivity contribution in [1.82, 2.24) is 19.8 Å². The first kappa shape index (κ1) is 14.2. The molecule has 0 fully saturated rings. The highest BCUT2D eigenvalue weighted by molar-refractivity contribution is 5.48. The third-order valence-electron chi connectivity index (χ3n) is 2.67. The van der Waals surface area contributed by atoms with Crippen LogP contribution in [0.3, 0.4) is 0 Å². The van der Waals surface area contributed by atoms with E-state index in [9.17, 15) is 14.3 Å². The van der Waals surface area contributed by atoms with Crippen LogP contribution in [-0.4, -0.2) is 37.6 Å². The Hall–Kier alpha value is -2.22. The van der Waals surface area contributed by atoms with Crippen molar-refractivity contribution in [1.29, 1.82) is 0 Å². The van der Waals surface area contributed by atoms with Gasteiger partial charge in [-0.05, 0) is 35.9 Å². The Bertz CT molecular complexity index is 678. The molecule has 8 heteroatoms. The lowest BCUT2D eigenvalue weighted by molar-refractivity contribution is 0.122. The Labute approximate surface area is 114 Å². The number of aliphatic hydroxyl groups is 1. The monoisotopic (exact) mass is 282 g/mol. The number of aromatic nitrogens is 4. The highest BCUT2D eigenvalue weighted by atomic mass is 19.1. The molecule has 2 rings (SSSR count). The van der Waals surface area contributed by atoms with Crippen LogP contribution in [0.4, 0.5) is 4.39 Å². The van der Waals surface area contributed by atoms with Gasteiger partial charge in [0, 0.05) is 13.1 Å². The number of rotatable bonds is 4. The maximum atomic E-state index is 13.6. The maximum Gasteiger partial charge on any atom is 0.368 e. The lowest BCUT2D eigenvalue weighted by atomic mass is 10.2. The molecule has 2 aromatic rings. The van der Waals surface area contributed by atoms with Gasteiger partial charge in [0.2, 0.25) is 0 Å². The standard InChI is InChI=1S/C12H15FN4O3/c1-7-4-10(17-12(19)16(3)14-15-17)11(5-9(7)13)20-6-8(2)18/h4-5,8,18H,6H2,1-3H3/t8-/m1/s1. The molecular formula is C12H15FN4O3. The number of tetrazole rings is 1. The Balaban J connectivity index is 2.52. The van der Waals surface area contributed by atoms with Crippen LogP contribution in [-0.2, 0) is 7.05 Å². The van der Waals surface area contributed by atoms with Gasteiger partial charge in [0.1, 0.15) is 23.9 Å². The first-order valence-corrected chi connectivity index (χ1v) is 6.00. The van der Waals surface area contributed by atoms with E-state index in [2.05, 4.69) is 10.4 Å². The minimum absolute atomic E-state index is 0.0233. The number of benzene rings is 1. The number of aryl methyl sites for hydroxylation is 2. The molecule has 0 saturated carbocycles. The zero-order chi connectivity index (χ0) is 14.9. The highest BCUT2D eigenvalue weighted by Gasteiger charge is 2.15. The van der Waals surface area contributed by atoms with Crippen molar-refractivity contribution in [3.8, 4) is 11.4 Å². The van der Waals surface area contributed by atoms with E-state index in [1.807, 2.05) is 0 Å². The summed E-state index contributed by atoms with van der Waals surface area (Å²) in [5.74, 6) is -0.345. The predicted octanol–water partition coefficient (Wildman–Crippen LogP) is 0.173. The van der Waals surface area contributed by atoms with Crippen LogP contribution in [0.5, 0.6) is 5.75 Å². The van der Waals surface area contributed by atoms with Gasteiger partial charge in [-0.1, -0.05) is 0 Å². The molecular weight excluding hydrogens is 267 g/mol. The van der Waals surface area contributed by atoms with Crippen molar-refractivity contribution < 1.29 is 14.2 Å². The second-order valence-corrected chi connectivity index (χ2v) is 4.53. The topological polar surface area (TPSA) is 82.2 Å². The third kappa shape index (κ3) is 2.69. The van der Waals surface area contributed by atoms with Crippen molar-refractivity contribution in [3.63, 3.8) is 0 Å². The summed E-state index contributed by atoms with van der Waals surface area (Å²) in [6.07, 6.45) is -0.717. The molecule has 0 aliphatic heterocycles. The van der Waals surface area contributed by atoms with Crippen LogP contribution in [0.25, 0.3) is 5.69 Å². The molecule has 108 valence electrons. The minimum Gasteiger partial charge on any atom is -0.489 e. The Morgan fingerprint density at radius 2 is 2.15 bits per heavy atom. The second kappa shape index (κ2) is 5.41. The van der Waals surface area contributed by atoms with Crippen molar-refractivity contribution >= 4 is 0 Å². The fourth-order valence-electron chi connectivity index (χ4n) is 1.60. The molecule has 0 unspecified atom stereocenters. The Kier molecular flexibility index (Phi) is 3.84. The van der Waals surface area contributed by atoms with Crippen LogP contribution in [0, 0.1) is 12.7 Å². The molecule has 20 heavy (non-hydrogen) atoms. The summed E-state index contributed by atoms with van der Waals surface area (Å²) in [5.41, 5.74) is 0.155. The zero-order valence-corrected chi connectivity index (χ0v) is 11.4. The van der Waals surface area contributed by atoms with Gasteiger partial charge in [-0.15, -0.1) is 0 Å². The second-order valence-electron chi connectivity index (χ2n) is 4.53. The van der Waals surface area contributed by atoms with Crippen LogP contribution in [0.2, 0.25) is 0 Å². The molecule has 1 heterocycles. The van der Waals surface area contributed by atoms with E-state index < -0.39 is 17.6 Å². The van der Waals surface area contributed by atoms with Gasteiger partial charge in [0.15, 0.2) is 0 Å². The van der Waals surface area contributed by atoms with Crippen molar-refractivity contribution in [3.05, 3.63) is 34.0 Å². The predicted molar refractivity (Wildman–Crippen MR) is 68.5 cm³/mol. The van der Waals surface area contributed by atoms with Gasteiger partial charge in [-0.3, -0.25) is 0 Å². The average molecular weight is 282 g/mol. The molecule has 1 atom stereocenters. The fourth-order valence-corrected chi connectivity index (χ4v) is 1.60. The van der Waals surface area contributed by atoms with Crippen molar-refractivity contribution in [2.24, 2.45) is 7.05 Å². The summed E-state index contributed by atoms with van der Waals surface area (Å²) in [4.78, 5) is 11.9. The maximum absolute atomic E-state index is 13.6. The average Bonchev–Trinajstić information content (AvgIpc) is 2.71. The number of nitrogens with zero attached hydrogens (tertiary/aromatic N) is 4. The molecule has 0 spiro atoms. The summed E-state index contributed by atoms with van der Waals surface area (Å²) in [7, 11) is 1.46. The van der Waals surface area contributed by atoms with Crippen LogP contribution in [0.15, 0.2) is 16.9 Å². The van der Waals surface area contributed by atoms with Crippen molar-refractivity contribution in [2.75, 3.05) is 6.61 Å². The number of aliphatic hydroxyl groups excluding tert-OH is 1. The van der Waals surface area contributed by atoms with Crippen molar-refractivity contribution in [2.45, 2.75) is 20.0 Å². The number of ether oxygens (including phenoxy) is 1. The van der Waals surface area contributed by atoms with Crippen LogP contribution in [0.1, 0.15) is 12.5 Å². The quantitative estimate of drug-likeness (QED) is 0.864. The van der Waals surface area contributed by atoms with Gasteiger partial charge >= 0.3 is 5.69 Å². The van der Waals surface area contributed by atoms with Gasteiger partial charge < -0.3 is 9.84 Å². The lowest BCUT2D eigenvalue weighted by Crippen LogP contribution is -2.23. The van der Waals surface area contributed by atoms with Gasteiger partial charge in [0.25, 0.3) is 0 Å². The van der Waals surface area contributed by atoms with E-state index in [4.69, 9.17) is 4.74 Å². The van der Waals surface area contributed by atoms with E-state index in [0.29, 0.717) is 5.56 Å². The lowest BCUT2D eigenvalue weighted by Gasteiger charge is -2.13. The number of hydrogen-bond acceptors (Lipinski definition) is 5. The molecule has 0 saturated heterocycles. The van der Waals surface area contributed by atoms with E-state index in [1.165, 1.54) is 13.1 Å². The molecule has 0 aliphatic carbocycles. The third-order valence-corrected chi connectivity index (χ3v) is 2.67. The first-order chi connectivity index (χ1) is 9.40. The summed E-state index contributed by atoms with van der Waals surface area (Å²) in [6, 6.07) is 2.61. The van der Waals surface area contributed by atoms with E-state index in [0.717, 1.165) is 15.4 Å². The Morgan fingerprint density at radius 1 is 1.45 bits per heavy atom. The summed E-state index contributed by atoms with van der Waals surface area (Å²) in [5, 5.41) is 16.5. The molecule has 7 nitrogen and oxygen atoms in total. The van der Waals surface area contributed by atoms with E-state index in [1.54, 1.807) is 13.8 Å². The Morgan fingerprint density at radius 3 is 2.70 bits per heavy atom. The number of hydrogen-bond donors (Lipinski definition) is 1. The summed E-state index contributed by atoms with van der Waals surface area (Å²) >= 11 is 0. The molecule has 0 aliphatic rings. The van der Waals surface area contributed by atoms with Gasteiger partial charge in [-0.2, -0.15) is 9.36 Å². The number of halogens is 1. The first-order valence-electron chi connectivity index (χ1n) is 6.00. The molecule has 1 aromatic heterocycles. The molecule has 0 bridgehead atoms. The zero-order valence-electron chi connectivity index (χ0n) is 11.4. The van der Waals surface area contributed by atoms with Gasteiger partial charge in [-0.25, -0.2) is 9.18 Å². The molecule has 1 N–H and O–H groups in total. The highest BCUT2D eigenvalue weighted by Crippen LogP contribution is 2.25. The fraction of sp³-hybridized carbons (Fsp3) is 0.417. The smallest absolute Gasteiger partial charge is 0.368 e. The largest absolute Gasteiger partial charge is 0.489 e. The van der Waals surface area contributed by atoms with Gasteiger partial charge in [0.05, 0.1) is 6.10 Å². The normalized spacial score (nSPS) is 12.4. The molecule has 1 aromatic carbocycles. The van der Waals surface area contributed by atoms with E-state index >= 15 is 0 Å². The SMILES string of the molecule is Cc1cc(-n2nnn(C)c2=O)c(OC[C@@H](C)O)cc1F. The van der Waals surface area contributed by atoms with Crippen LogP contribution >= 0.6 is 0 Å². The molecule has 0 radical (unpaired) electrons. The molecule has 0 amide bonds. The minimum atomic E-state index is -0.717. The summed E-state index contributed by atoms with van der Waals surface area (Å²) in [6.45, 7) is 3.09. The van der Waals surface area contributed by atoms with E-state index in [-0.39, 0.29) is 18.0 Å². The summed E-state index contributed by atoms with van der Waals surface area (Å²) < 4.78 is 21.0. The van der Waals surface area contributed by atoms with Crippen LogP contribution < -0.4 is 10.4 Å².